The average Bonchev–Trinajstić information content (AvgIpc) is 2.95. The zero-order chi connectivity index (χ0) is 18.8. The molecule has 0 aliphatic heterocycles. The van der Waals surface area contributed by atoms with Gasteiger partial charge in [-0.05, 0) is 48.6 Å². The van der Waals surface area contributed by atoms with Gasteiger partial charge in [0.1, 0.15) is 0 Å². The highest BCUT2D eigenvalue weighted by Gasteiger charge is 2.16. The predicted octanol–water partition coefficient (Wildman–Crippen LogP) is 5.36. The Morgan fingerprint density at radius 2 is 1.73 bits per heavy atom. The first-order chi connectivity index (χ1) is 12.4. The summed E-state index contributed by atoms with van der Waals surface area (Å²) in [6.07, 6.45) is 0. The second-order valence-corrected chi connectivity index (χ2v) is 7.73. The number of amides is 2. The first-order valence-corrected chi connectivity index (χ1v) is 9.39. The Morgan fingerprint density at radius 3 is 2.42 bits per heavy atom. The molecule has 2 amide bonds. The molecule has 4 nitrogen and oxygen atoms in total. The van der Waals surface area contributed by atoms with Gasteiger partial charge < -0.3 is 10.6 Å². The number of thiophene rings is 1. The van der Waals surface area contributed by atoms with Crippen molar-refractivity contribution in [2.75, 3.05) is 10.6 Å². The summed E-state index contributed by atoms with van der Waals surface area (Å²) in [5, 5.41) is 6.97. The summed E-state index contributed by atoms with van der Waals surface area (Å²) < 4.78 is 1.10. The standard InChI is InChI=1S/C21H22N2O2S/c1-12(2)20(24)22-15-10-9-13(3)17(11-15)23-21(25)19-14(4)16-7-5-6-8-18(16)26-19/h5-12H,1-4H3,(H,22,24)(H,23,25). The summed E-state index contributed by atoms with van der Waals surface area (Å²) in [4.78, 5) is 25.4. The van der Waals surface area contributed by atoms with Crippen LogP contribution in [0.15, 0.2) is 42.5 Å². The molecule has 3 aromatic rings. The van der Waals surface area contributed by atoms with Gasteiger partial charge in [0.25, 0.3) is 5.91 Å². The summed E-state index contributed by atoms with van der Waals surface area (Å²) in [6, 6.07) is 13.6. The molecule has 0 fully saturated rings. The number of carbonyl (C=O) groups is 2. The van der Waals surface area contributed by atoms with Gasteiger partial charge in [0.2, 0.25) is 5.91 Å². The van der Waals surface area contributed by atoms with Gasteiger partial charge in [-0.15, -0.1) is 11.3 Å². The van der Waals surface area contributed by atoms with E-state index >= 15 is 0 Å². The smallest absolute Gasteiger partial charge is 0.266 e. The van der Waals surface area contributed by atoms with E-state index in [2.05, 4.69) is 10.6 Å². The maximum Gasteiger partial charge on any atom is 0.266 e. The SMILES string of the molecule is Cc1ccc(NC(=O)C(C)C)cc1NC(=O)c1sc2ccccc2c1C. The number of hydrogen-bond acceptors (Lipinski definition) is 3. The van der Waals surface area contributed by atoms with Gasteiger partial charge in [0.05, 0.1) is 4.88 Å². The monoisotopic (exact) mass is 366 g/mol. The first kappa shape index (κ1) is 18.1. The quantitative estimate of drug-likeness (QED) is 0.652. The molecule has 2 aromatic carbocycles. The largest absolute Gasteiger partial charge is 0.326 e. The lowest BCUT2D eigenvalue weighted by Crippen LogP contribution is -2.18. The van der Waals surface area contributed by atoms with Crippen molar-refractivity contribution in [3.05, 3.63) is 58.5 Å². The first-order valence-electron chi connectivity index (χ1n) is 8.58. The Morgan fingerprint density at radius 1 is 1.00 bits per heavy atom. The summed E-state index contributed by atoms with van der Waals surface area (Å²) in [7, 11) is 0. The zero-order valence-electron chi connectivity index (χ0n) is 15.3. The fraction of sp³-hybridized carbons (Fsp3) is 0.238. The minimum atomic E-state index is -0.126. The van der Waals surface area contributed by atoms with Crippen LogP contribution in [0, 0.1) is 19.8 Å². The Hall–Kier alpha value is -2.66. The van der Waals surface area contributed by atoms with Crippen molar-refractivity contribution in [1.82, 2.24) is 0 Å². The third-order valence-corrected chi connectivity index (χ3v) is 5.60. The van der Waals surface area contributed by atoms with E-state index in [1.807, 2.05) is 64.1 Å². The molecule has 2 N–H and O–H groups in total. The number of carbonyl (C=O) groups excluding carboxylic acids is 2. The lowest BCUT2D eigenvalue weighted by Gasteiger charge is -2.12. The summed E-state index contributed by atoms with van der Waals surface area (Å²) in [5.41, 5.74) is 3.32. The summed E-state index contributed by atoms with van der Waals surface area (Å²) in [5.74, 6) is -0.277. The molecule has 5 heteroatoms. The maximum atomic E-state index is 12.8. The Balaban J connectivity index is 1.86. The number of fused-ring (bicyclic) bond motifs is 1. The molecule has 0 saturated heterocycles. The van der Waals surface area contributed by atoms with Crippen LogP contribution in [0.1, 0.15) is 34.6 Å². The van der Waals surface area contributed by atoms with Gasteiger partial charge in [-0.2, -0.15) is 0 Å². The van der Waals surface area contributed by atoms with Crippen molar-refractivity contribution < 1.29 is 9.59 Å². The van der Waals surface area contributed by atoms with E-state index < -0.39 is 0 Å². The molecule has 0 bridgehead atoms. The van der Waals surface area contributed by atoms with Gasteiger partial charge in [0, 0.05) is 22.0 Å². The van der Waals surface area contributed by atoms with Crippen molar-refractivity contribution in [1.29, 1.82) is 0 Å². The van der Waals surface area contributed by atoms with Crippen LogP contribution in [0.3, 0.4) is 0 Å². The zero-order valence-corrected chi connectivity index (χ0v) is 16.2. The molecular weight excluding hydrogens is 344 g/mol. The van der Waals surface area contributed by atoms with Crippen LogP contribution >= 0.6 is 11.3 Å². The van der Waals surface area contributed by atoms with Gasteiger partial charge in [0.15, 0.2) is 0 Å². The third-order valence-electron chi connectivity index (χ3n) is 4.33. The van der Waals surface area contributed by atoms with Crippen LogP contribution in [0.5, 0.6) is 0 Å². The van der Waals surface area contributed by atoms with Crippen LogP contribution < -0.4 is 10.6 Å². The average molecular weight is 366 g/mol. The molecule has 0 spiro atoms. The molecule has 0 atom stereocenters. The molecule has 0 unspecified atom stereocenters. The van der Waals surface area contributed by atoms with Crippen molar-refractivity contribution in [2.45, 2.75) is 27.7 Å². The summed E-state index contributed by atoms with van der Waals surface area (Å²) in [6.45, 7) is 7.59. The minimum Gasteiger partial charge on any atom is -0.326 e. The molecule has 0 radical (unpaired) electrons. The highest BCUT2D eigenvalue weighted by molar-refractivity contribution is 7.21. The number of aryl methyl sites for hydroxylation is 2. The molecule has 1 heterocycles. The topological polar surface area (TPSA) is 58.2 Å². The number of rotatable bonds is 4. The second kappa shape index (κ2) is 7.30. The van der Waals surface area contributed by atoms with Crippen LogP contribution in [-0.2, 0) is 4.79 Å². The lowest BCUT2D eigenvalue weighted by molar-refractivity contribution is -0.118. The van der Waals surface area contributed by atoms with Crippen molar-refractivity contribution in [3.8, 4) is 0 Å². The molecule has 0 aliphatic rings. The normalized spacial score (nSPS) is 11.0. The predicted molar refractivity (Wildman–Crippen MR) is 109 cm³/mol. The van der Waals surface area contributed by atoms with Gasteiger partial charge in [-0.1, -0.05) is 38.1 Å². The summed E-state index contributed by atoms with van der Waals surface area (Å²) >= 11 is 1.49. The molecule has 0 saturated carbocycles. The van der Waals surface area contributed by atoms with E-state index in [4.69, 9.17) is 0 Å². The fourth-order valence-corrected chi connectivity index (χ4v) is 3.80. The maximum absolute atomic E-state index is 12.8. The highest BCUT2D eigenvalue weighted by atomic mass is 32.1. The van der Waals surface area contributed by atoms with Gasteiger partial charge >= 0.3 is 0 Å². The Labute approximate surface area is 157 Å². The molecular formula is C21H22N2O2S. The van der Waals surface area contributed by atoms with Crippen molar-refractivity contribution in [3.63, 3.8) is 0 Å². The second-order valence-electron chi connectivity index (χ2n) is 6.68. The molecule has 134 valence electrons. The molecule has 1 aromatic heterocycles. The van der Waals surface area contributed by atoms with Crippen LogP contribution in [0.2, 0.25) is 0 Å². The third kappa shape index (κ3) is 3.63. The van der Waals surface area contributed by atoms with Crippen LogP contribution in [-0.4, -0.2) is 11.8 Å². The highest BCUT2D eigenvalue weighted by Crippen LogP contribution is 2.31. The van der Waals surface area contributed by atoms with E-state index in [1.54, 1.807) is 6.07 Å². The molecule has 26 heavy (non-hydrogen) atoms. The minimum absolute atomic E-state index is 0.0496. The lowest BCUT2D eigenvalue weighted by atomic mass is 10.1. The molecule has 3 rings (SSSR count). The number of anilines is 2. The van der Waals surface area contributed by atoms with Crippen molar-refractivity contribution in [2.24, 2.45) is 5.92 Å². The number of nitrogens with one attached hydrogen (secondary N) is 2. The van der Waals surface area contributed by atoms with E-state index in [9.17, 15) is 9.59 Å². The molecule has 0 aliphatic carbocycles. The van der Waals surface area contributed by atoms with E-state index in [-0.39, 0.29) is 17.7 Å². The number of benzene rings is 2. The Kier molecular flexibility index (Phi) is 5.09. The Bertz CT molecular complexity index is 989. The van der Waals surface area contributed by atoms with Gasteiger partial charge in [-0.25, -0.2) is 0 Å². The van der Waals surface area contributed by atoms with Crippen molar-refractivity contribution >= 4 is 44.6 Å². The van der Waals surface area contributed by atoms with E-state index in [1.165, 1.54) is 11.3 Å². The van der Waals surface area contributed by atoms with Gasteiger partial charge in [-0.3, -0.25) is 9.59 Å². The number of hydrogen-bond donors (Lipinski definition) is 2. The van der Waals surface area contributed by atoms with Crippen LogP contribution in [0.4, 0.5) is 11.4 Å². The van der Waals surface area contributed by atoms with Crippen LogP contribution in [0.25, 0.3) is 10.1 Å². The van der Waals surface area contributed by atoms with E-state index in [0.29, 0.717) is 16.3 Å². The fourth-order valence-electron chi connectivity index (χ4n) is 2.69. The van der Waals surface area contributed by atoms with E-state index in [0.717, 1.165) is 21.2 Å².